The first-order chi connectivity index (χ1) is 12.7. The van der Waals surface area contributed by atoms with Gasteiger partial charge in [0.1, 0.15) is 5.01 Å². The molecule has 134 valence electrons. The molecule has 0 atom stereocenters. The second-order valence-electron chi connectivity index (χ2n) is 5.42. The molecule has 0 N–H and O–H groups in total. The van der Waals surface area contributed by atoms with Crippen molar-refractivity contribution < 1.29 is 14.3 Å². The van der Waals surface area contributed by atoms with Crippen molar-refractivity contribution in [1.29, 1.82) is 0 Å². The lowest BCUT2D eigenvalue weighted by molar-refractivity contribution is 0.0724. The number of esters is 1. The van der Waals surface area contributed by atoms with E-state index in [-0.39, 0.29) is 0 Å². The summed E-state index contributed by atoms with van der Waals surface area (Å²) in [4.78, 5) is 16.9. The molecule has 0 aliphatic carbocycles. The zero-order chi connectivity index (χ0) is 17.9. The van der Waals surface area contributed by atoms with E-state index in [1.54, 1.807) is 29.9 Å². The summed E-state index contributed by atoms with van der Waals surface area (Å²) in [6, 6.07) is 7.74. The van der Waals surface area contributed by atoms with Crippen LogP contribution in [0.3, 0.4) is 0 Å². The normalized spacial score (nSPS) is 14.5. The minimum atomic E-state index is -0.474. The van der Waals surface area contributed by atoms with Crippen LogP contribution in [0.4, 0.5) is 0 Å². The topological polar surface area (TPSA) is 48.4 Å². The van der Waals surface area contributed by atoms with Gasteiger partial charge in [-0.25, -0.2) is 9.78 Å². The Bertz CT molecular complexity index is 901. The van der Waals surface area contributed by atoms with Crippen molar-refractivity contribution >= 4 is 52.2 Å². The monoisotopic (exact) mass is 421 g/mol. The average Bonchev–Trinajstić information content (AvgIpc) is 3.43. The molecule has 2 aromatic heterocycles. The van der Waals surface area contributed by atoms with Crippen LogP contribution in [0.5, 0.6) is 11.5 Å². The second-order valence-corrected chi connectivity index (χ2v) is 9.79. The van der Waals surface area contributed by atoms with Crippen LogP contribution in [-0.2, 0) is 0 Å². The maximum Gasteiger partial charge on any atom is 0.363 e. The molecule has 0 bridgehead atoms. The second kappa shape index (κ2) is 8.04. The third-order valence-corrected chi connectivity index (χ3v) is 8.44. The van der Waals surface area contributed by atoms with Gasteiger partial charge in [-0.3, -0.25) is 0 Å². The van der Waals surface area contributed by atoms with Crippen molar-refractivity contribution in [2.45, 2.75) is 4.58 Å². The van der Waals surface area contributed by atoms with E-state index in [9.17, 15) is 4.79 Å². The lowest BCUT2D eigenvalue weighted by Gasteiger charge is -2.13. The van der Waals surface area contributed by atoms with Crippen LogP contribution >= 0.6 is 46.2 Å². The quantitative estimate of drug-likeness (QED) is 0.396. The van der Waals surface area contributed by atoms with Gasteiger partial charge in [0.25, 0.3) is 0 Å². The highest BCUT2D eigenvalue weighted by Crippen LogP contribution is 2.47. The number of thioether (sulfide) groups is 2. The molecule has 1 saturated heterocycles. The van der Waals surface area contributed by atoms with E-state index in [0.717, 1.165) is 22.1 Å². The third kappa shape index (κ3) is 3.78. The van der Waals surface area contributed by atoms with Gasteiger partial charge >= 0.3 is 5.97 Å². The van der Waals surface area contributed by atoms with Crippen LogP contribution in [0.2, 0.25) is 0 Å². The Morgan fingerprint density at radius 2 is 2.00 bits per heavy atom. The molecule has 1 aromatic carbocycles. The smallest absolute Gasteiger partial charge is 0.363 e. The third-order valence-electron chi connectivity index (χ3n) is 3.77. The molecule has 0 unspecified atom stereocenters. The summed E-state index contributed by atoms with van der Waals surface area (Å²) < 4.78 is 11.4. The SMILES string of the molecule is COc1cc(C2SCCS2)ccc1OC(=O)c1csc(-c2ccsc2)n1. The lowest BCUT2D eigenvalue weighted by Crippen LogP contribution is -2.10. The van der Waals surface area contributed by atoms with Crippen molar-refractivity contribution in [1.82, 2.24) is 4.98 Å². The van der Waals surface area contributed by atoms with Crippen LogP contribution < -0.4 is 9.47 Å². The van der Waals surface area contributed by atoms with E-state index < -0.39 is 5.97 Å². The molecule has 3 aromatic rings. The highest BCUT2D eigenvalue weighted by molar-refractivity contribution is 8.19. The van der Waals surface area contributed by atoms with Crippen LogP contribution in [0.25, 0.3) is 10.6 Å². The summed E-state index contributed by atoms with van der Waals surface area (Å²) in [5.74, 6) is 2.82. The van der Waals surface area contributed by atoms with E-state index in [2.05, 4.69) is 4.98 Å². The fraction of sp³-hybridized carbons (Fsp3) is 0.222. The fourth-order valence-electron chi connectivity index (χ4n) is 2.50. The lowest BCUT2D eigenvalue weighted by atomic mass is 10.2. The minimum absolute atomic E-state index is 0.309. The van der Waals surface area contributed by atoms with Crippen molar-refractivity contribution in [2.75, 3.05) is 18.6 Å². The first-order valence-electron chi connectivity index (χ1n) is 7.86. The summed E-state index contributed by atoms with van der Waals surface area (Å²) >= 11 is 6.88. The largest absolute Gasteiger partial charge is 0.493 e. The van der Waals surface area contributed by atoms with Crippen molar-refractivity contribution in [3.05, 3.63) is 51.7 Å². The number of rotatable bonds is 5. The molecule has 1 aliphatic rings. The van der Waals surface area contributed by atoms with Crippen LogP contribution in [0.1, 0.15) is 20.6 Å². The Labute approximate surface area is 167 Å². The van der Waals surface area contributed by atoms with Crippen LogP contribution in [-0.4, -0.2) is 29.6 Å². The van der Waals surface area contributed by atoms with E-state index in [1.807, 2.05) is 52.5 Å². The van der Waals surface area contributed by atoms with Gasteiger partial charge in [0, 0.05) is 27.8 Å². The number of carbonyl (C=O) groups excluding carboxylic acids is 1. The fourth-order valence-corrected chi connectivity index (χ4v) is 6.84. The Kier molecular flexibility index (Phi) is 5.54. The number of hydrogen-bond acceptors (Lipinski definition) is 8. The van der Waals surface area contributed by atoms with Gasteiger partial charge in [-0.2, -0.15) is 11.3 Å². The first-order valence-corrected chi connectivity index (χ1v) is 11.8. The first kappa shape index (κ1) is 17.9. The summed E-state index contributed by atoms with van der Waals surface area (Å²) in [5, 5.41) is 6.54. The summed E-state index contributed by atoms with van der Waals surface area (Å²) in [6.07, 6.45) is 0. The van der Waals surface area contributed by atoms with Gasteiger partial charge < -0.3 is 9.47 Å². The molecule has 0 amide bonds. The van der Waals surface area contributed by atoms with Gasteiger partial charge in [0.2, 0.25) is 0 Å². The molecule has 3 heterocycles. The Morgan fingerprint density at radius 1 is 1.15 bits per heavy atom. The molecular formula is C18H15NO3S4. The zero-order valence-electron chi connectivity index (χ0n) is 13.8. The van der Waals surface area contributed by atoms with Gasteiger partial charge in [-0.1, -0.05) is 6.07 Å². The number of hydrogen-bond donors (Lipinski definition) is 0. The molecule has 8 heteroatoms. The minimum Gasteiger partial charge on any atom is -0.493 e. The predicted octanol–water partition coefficient (Wildman–Crippen LogP) is 5.58. The number of nitrogens with zero attached hydrogens (tertiary/aromatic N) is 1. The number of thiophene rings is 1. The number of aromatic nitrogens is 1. The highest BCUT2D eigenvalue weighted by atomic mass is 32.2. The molecule has 0 radical (unpaired) electrons. The van der Waals surface area contributed by atoms with Gasteiger partial charge in [-0.15, -0.1) is 34.9 Å². The predicted molar refractivity (Wildman–Crippen MR) is 111 cm³/mol. The molecule has 0 saturated carbocycles. The summed E-state index contributed by atoms with van der Waals surface area (Å²) in [5.41, 5.74) is 2.51. The zero-order valence-corrected chi connectivity index (χ0v) is 17.1. The van der Waals surface area contributed by atoms with E-state index in [1.165, 1.54) is 16.9 Å². The Balaban J connectivity index is 1.52. The van der Waals surface area contributed by atoms with Crippen LogP contribution in [0, 0.1) is 0 Å². The maximum atomic E-state index is 12.5. The molecule has 1 fully saturated rings. The van der Waals surface area contributed by atoms with E-state index >= 15 is 0 Å². The maximum absolute atomic E-state index is 12.5. The Hall–Kier alpha value is -1.48. The molecule has 4 rings (SSSR count). The van der Waals surface area contributed by atoms with Crippen molar-refractivity contribution in [2.24, 2.45) is 0 Å². The average molecular weight is 422 g/mol. The van der Waals surface area contributed by atoms with E-state index in [4.69, 9.17) is 9.47 Å². The number of methoxy groups -OCH3 is 1. The molecule has 1 aliphatic heterocycles. The van der Waals surface area contributed by atoms with Crippen molar-refractivity contribution in [3.63, 3.8) is 0 Å². The molecular weight excluding hydrogens is 406 g/mol. The Morgan fingerprint density at radius 3 is 2.73 bits per heavy atom. The molecule has 4 nitrogen and oxygen atoms in total. The van der Waals surface area contributed by atoms with Crippen molar-refractivity contribution in [3.8, 4) is 22.1 Å². The standard InChI is InChI=1S/C18H15NO3S4/c1-21-15-8-11(18-24-6-7-25-18)2-3-14(15)22-17(20)13-10-26-16(19-13)12-4-5-23-9-12/h2-5,8-10,18H,6-7H2,1H3. The summed E-state index contributed by atoms with van der Waals surface area (Å²) in [7, 11) is 1.59. The number of ether oxygens (including phenoxy) is 2. The van der Waals surface area contributed by atoms with Crippen LogP contribution in [0.15, 0.2) is 40.4 Å². The molecule has 0 spiro atoms. The highest BCUT2D eigenvalue weighted by Gasteiger charge is 2.21. The number of thiazole rings is 1. The molecule has 26 heavy (non-hydrogen) atoms. The number of benzene rings is 1. The van der Waals surface area contributed by atoms with Gasteiger partial charge in [-0.05, 0) is 29.1 Å². The number of carbonyl (C=O) groups is 1. The van der Waals surface area contributed by atoms with E-state index in [0.29, 0.717) is 21.8 Å². The van der Waals surface area contributed by atoms with Gasteiger partial charge in [0.15, 0.2) is 17.2 Å². The summed E-state index contributed by atoms with van der Waals surface area (Å²) in [6.45, 7) is 0. The van der Waals surface area contributed by atoms with Gasteiger partial charge in [0.05, 0.1) is 11.7 Å².